The minimum atomic E-state index is -1.61. The van der Waals surface area contributed by atoms with E-state index in [4.69, 9.17) is 4.74 Å². The van der Waals surface area contributed by atoms with Crippen molar-refractivity contribution in [2.24, 2.45) is 0 Å². The summed E-state index contributed by atoms with van der Waals surface area (Å²) in [6, 6.07) is 2.71. The molecule has 0 unspecified atom stereocenters. The molecule has 120 valence electrons. The molecule has 3 rings (SSSR count). The Kier molecular flexibility index (Phi) is 3.49. The molecule has 1 aromatic carbocycles. The number of benzene rings is 1. The lowest BCUT2D eigenvalue weighted by Crippen LogP contribution is -2.39. The predicted octanol–water partition coefficient (Wildman–Crippen LogP) is 1.95. The average molecular weight is 316 g/mol. The third-order valence-electron chi connectivity index (χ3n) is 3.75. The van der Waals surface area contributed by atoms with Gasteiger partial charge >= 0.3 is 0 Å². The summed E-state index contributed by atoms with van der Waals surface area (Å²) < 4.78 is 5.37. The Morgan fingerprint density at radius 1 is 1.22 bits per heavy atom. The van der Waals surface area contributed by atoms with Crippen molar-refractivity contribution in [3.8, 4) is 11.5 Å². The highest BCUT2D eigenvalue weighted by atomic mass is 16.6. The van der Waals surface area contributed by atoms with E-state index >= 15 is 0 Å². The standard InChI is InChI=1S/C17H16O6/c1-17(22)8-14(21)16-10(5-13(20)7-15(16)23-17)2-9-3-11(18)6-12(19)4-9/h3,5-7,18,20,22H,2,4,8H2,1H3/t17-/m0/s1. The summed E-state index contributed by atoms with van der Waals surface area (Å²) >= 11 is 0. The number of aliphatic hydroxyl groups excluding tert-OH is 1. The number of fused-ring (bicyclic) bond motifs is 1. The van der Waals surface area contributed by atoms with E-state index in [2.05, 4.69) is 0 Å². The zero-order valence-electron chi connectivity index (χ0n) is 12.5. The summed E-state index contributed by atoms with van der Waals surface area (Å²) in [5.74, 6) is -2.25. The van der Waals surface area contributed by atoms with Crippen LogP contribution in [0, 0.1) is 0 Å². The summed E-state index contributed by atoms with van der Waals surface area (Å²) in [6.07, 6.45) is 2.79. The van der Waals surface area contributed by atoms with Gasteiger partial charge in [0.1, 0.15) is 17.3 Å². The first-order valence-electron chi connectivity index (χ1n) is 7.17. The molecule has 6 heteroatoms. The van der Waals surface area contributed by atoms with Crippen LogP contribution in [0.15, 0.2) is 35.6 Å². The van der Waals surface area contributed by atoms with Crippen LogP contribution in [0.2, 0.25) is 0 Å². The van der Waals surface area contributed by atoms with Gasteiger partial charge in [-0.15, -0.1) is 0 Å². The van der Waals surface area contributed by atoms with E-state index in [0.29, 0.717) is 11.1 Å². The molecule has 0 saturated carbocycles. The Morgan fingerprint density at radius 3 is 2.65 bits per heavy atom. The van der Waals surface area contributed by atoms with Crippen molar-refractivity contribution in [2.45, 2.75) is 32.0 Å². The Balaban J connectivity index is 2.01. The van der Waals surface area contributed by atoms with Crippen LogP contribution in [-0.4, -0.2) is 32.7 Å². The van der Waals surface area contributed by atoms with Gasteiger partial charge in [-0.25, -0.2) is 0 Å². The normalized spacial score (nSPS) is 23.7. The maximum atomic E-state index is 12.3. The molecule has 0 radical (unpaired) electrons. The van der Waals surface area contributed by atoms with E-state index in [1.807, 2.05) is 0 Å². The minimum Gasteiger partial charge on any atom is -0.508 e. The number of carbonyl (C=O) groups excluding carboxylic acids is 2. The fourth-order valence-corrected chi connectivity index (χ4v) is 2.95. The molecule has 1 aromatic rings. The summed E-state index contributed by atoms with van der Waals surface area (Å²) in [7, 11) is 0. The molecule has 6 nitrogen and oxygen atoms in total. The minimum absolute atomic E-state index is 0.105. The van der Waals surface area contributed by atoms with Crippen molar-refractivity contribution in [3.05, 3.63) is 46.7 Å². The summed E-state index contributed by atoms with van der Waals surface area (Å²) in [4.78, 5) is 23.9. The maximum Gasteiger partial charge on any atom is 0.212 e. The molecule has 0 saturated heterocycles. The lowest BCUT2D eigenvalue weighted by molar-refractivity contribution is -0.123. The topological polar surface area (TPSA) is 104 Å². The number of aliphatic hydroxyl groups is 2. The summed E-state index contributed by atoms with van der Waals surface area (Å²) in [5, 5.41) is 29.3. The zero-order valence-corrected chi connectivity index (χ0v) is 12.5. The Bertz CT molecular complexity index is 770. The fourth-order valence-electron chi connectivity index (χ4n) is 2.95. The quantitative estimate of drug-likeness (QED) is 0.770. The summed E-state index contributed by atoms with van der Waals surface area (Å²) in [6.45, 7) is 1.38. The molecule has 1 atom stereocenters. The first kappa shape index (κ1) is 15.3. The molecule has 0 spiro atoms. The number of carbonyl (C=O) groups is 2. The van der Waals surface area contributed by atoms with Crippen molar-refractivity contribution in [2.75, 3.05) is 0 Å². The molecule has 1 aliphatic carbocycles. The van der Waals surface area contributed by atoms with Gasteiger partial charge in [0.2, 0.25) is 5.79 Å². The predicted molar refractivity (Wildman–Crippen MR) is 80.4 cm³/mol. The van der Waals surface area contributed by atoms with Gasteiger partial charge in [-0.1, -0.05) is 5.57 Å². The van der Waals surface area contributed by atoms with Crippen LogP contribution in [0.3, 0.4) is 0 Å². The Morgan fingerprint density at radius 2 is 1.96 bits per heavy atom. The van der Waals surface area contributed by atoms with Gasteiger partial charge in [0, 0.05) is 25.5 Å². The molecule has 0 amide bonds. The van der Waals surface area contributed by atoms with Gasteiger partial charge in [0.25, 0.3) is 0 Å². The Hall–Kier alpha value is -2.60. The van der Waals surface area contributed by atoms with Crippen LogP contribution in [0.25, 0.3) is 0 Å². The van der Waals surface area contributed by atoms with Crippen LogP contribution in [0.5, 0.6) is 11.5 Å². The smallest absolute Gasteiger partial charge is 0.212 e. The molecule has 1 heterocycles. The number of aromatic hydroxyl groups is 1. The van der Waals surface area contributed by atoms with Crippen molar-refractivity contribution >= 4 is 11.6 Å². The highest BCUT2D eigenvalue weighted by molar-refractivity contribution is 6.02. The third kappa shape index (κ3) is 3.12. The second kappa shape index (κ2) is 5.24. The van der Waals surface area contributed by atoms with E-state index < -0.39 is 5.79 Å². The number of ether oxygens (including phenoxy) is 1. The van der Waals surface area contributed by atoms with Crippen LogP contribution < -0.4 is 4.74 Å². The van der Waals surface area contributed by atoms with Crippen molar-refractivity contribution in [3.63, 3.8) is 0 Å². The van der Waals surface area contributed by atoms with Gasteiger partial charge < -0.3 is 20.1 Å². The molecule has 1 aliphatic heterocycles. The second-order valence-corrected chi connectivity index (χ2v) is 6.05. The number of Topliss-reactive ketones (excluding diaryl/α,β-unsaturated/α-hetero) is 1. The molecule has 0 bridgehead atoms. The fraction of sp³-hybridized carbons (Fsp3) is 0.294. The van der Waals surface area contributed by atoms with Crippen LogP contribution >= 0.6 is 0 Å². The molecule has 23 heavy (non-hydrogen) atoms. The largest absolute Gasteiger partial charge is 0.508 e. The average Bonchev–Trinajstić information content (AvgIpc) is 2.33. The van der Waals surface area contributed by atoms with E-state index in [1.165, 1.54) is 25.1 Å². The van der Waals surface area contributed by atoms with Gasteiger partial charge in [-0.2, -0.15) is 0 Å². The first-order chi connectivity index (χ1) is 10.7. The maximum absolute atomic E-state index is 12.3. The van der Waals surface area contributed by atoms with Crippen molar-refractivity contribution in [1.82, 2.24) is 0 Å². The number of rotatable bonds is 2. The molecule has 3 N–H and O–H groups in total. The van der Waals surface area contributed by atoms with Crippen LogP contribution in [-0.2, 0) is 11.2 Å². The number of hydrogen-bond donors (Lipinski definition) is 3. The van der Waals surface area contributed by atoms with E-state index in [9.17, 15) is 24.9 Å². The molecule has 0 aromatic heterocycles. The number of ketones is 2. The summed E-state index contributed by atoms with van der Waals surface area (Å²) in [5.41, 5.74) is 1.42. The van der Waals surface area contributed by atoms with Gasteiger partial charge in [-0.3, -0.25) is 9.59 Å². The van der Waals surface area contributed by atoms with Crippen LogP contribution in [0.1, 0.15) is 35.7 Å². The first-order valence-corrected chi connectivity index (χ1v) is 7.17. The second-order valence-electron chi connectivity index (χ2n) is 6.05. The number of phenolic OH excluding ortho intramolecular Hbond substituents is 1. The van der Waals surface area contributed by atoms with Gasteiger partial charge in [0.15, 0.2) is 11.6 Å². The van der Waals surface area contributed by atoms with Crippen LogP contribution in [0.4, 0.5) is 0 Å². The van der Waals surface area contributed by atoms with Gasteiger partial charge in [0.05, 0.1) is 12.0 Å². The number of hydrogen-bond acceptors (Lipinski definition) is 6. The van der Waals surface area contributed by atoms with Crippen molar-refractivity contribution in [1.29, 1.82) is 0 Å². The highest BCUT2D eigenvalue weighted by Crippen LogP contribution is 2.38. The SMILES string of the molecule is C[C@@]1(O)CC(=O)c2c(CC3=CC(O)=CC(=O)C3)cc(O)cc2O1. The third-order valence-corrected chi connectivity index (χ3v) is 3.75. The molecule has 2 aliphatic rings. The lowest BCUT2D eigenvalue weighted by Gasteiger charge is -2.31. The number of allylic oxidation sites excluding steroid dienone is 3. The molecule has 0 fully saturated rings. The van der Waals surface area contributed by atoms with Gasteiger partial charge in [-0.05, 0) is 24.1 Å². The van der Waals surface area contributed by atoms with Crippen molar-refractivity contribution < 1.29 is 29.6 Å². The van der Waals surface area contributed by atoms with E-state index in [-0.39, 0.29) is 53.7 Å². The molecular formula is C17H16O6. The Labute approximate surface area is 132 Å². The number of phenols is 1. The zero-order chi connectivity index (χ0) is 16.8. The lowest BCUT2D eigenvalue weighted by atomic mass is 9.89. The highest BCUT2D eigenvalue weighted by Gasteiger charge is 2.36. The van der Waals surface area contributed by atoms with E-state index in [1.54, 1.807) is 0 Å². The monoisotopic (exact) mass is 316 g/mol. The van der Waals surface area contributed by atoms with E-state index in [0.717, 1.165) is 6.08 Å². The molecular weight excluding hydrogens is 300 g/mol.